The standard InChI is InChI=1S/C11H18N6O2/c1-7(18)6-12-3-4-13-9-5-10-15-16-11(19)17(10)8(2)14-9/h5,7,12-13,18H,3-4,6H2,1-2H3,(H,16,19). The van der Waals surface area contributed by atoms with Crippen LogP contribution in [0.15, 0.2) is 10.9 Å². The van der Waals surface area contributed by atoms with E-state index in [0.717, 1.165) is 0 Å². The van der Waals surface area contributed by atoms with E-state index in [1.165, 1.54) is 4.40 Å². The summed E-state index contributed by atoms with van der Waals surface area (Å²) in [6, 6.07) is 1.71. The van der Waals surface area contributed by atoms with Gasteiger partial charge in [-0.1, -0.05) is 0 Å². The van der Waals surface area contributed by atoms with Gasteiger partial charge in [0, 0.05) is 25.7 Å². The molecule has 19 heavy (non-hydrogen) atoms. The minimum absolute atomic E-state index is 0.287. The molecule has 1 unspecified atom stereocenters. The third kappa shape index (κ3) is 3.30. The van der Waals surface area contributed by atoms with Crippen LogP contribution in [0.4, 0.5) is 5.82 Å². The molecule has 0 radical (unpaired) electrons. The van der Waals surface area contributed by atoms with Gasteiger partial charge < -0.3 is 15.7 Å². The lowest BCUT2D eigenvalue weighted by Crippen LogP contribution is -2.29. The molecular formula is C11H18N6O2. The summed E-state index contributed by atoms with van der Waals surface area (Å²) >= 11 is 0. The van der Waals surface area contributed by atoms with Crippen molar-refractivity contribution in [1.29, 1.82) is 0 Å². The smallest absolute Gasteiger partial charge is 0.349 e. The molecule has 8 heteroatoms. The number of nitrogens with one attached hydrogen (secondary N) is 3. The maximum atomic E-state index is 11.4. The van der Waals surface area contributed by atoms with Crippen molar-refractivity contribution >= 4 is 11.5 Å². The lowest BCUT2D eigenvalue weighted by Gasteiger charge is -2.09. The molecule has 8 nitrogen and oxygen atoms in total. The van der Waals surface area contributed by atoms with Crippen LogP contribution in [-0.4, -0.2) is 50.4 Å². The van der Waals surface area contributed by atoms with Gasteiger partial charge in [0.15, 0.2) is 5.65 Å². The number of H-pyrrole nitrogens is 1. The Balaban J connectivity index is 1.96. The first kappa shape index (κ1) is 13.5. The van der Waals surface area contributed by atoms with Crippen molar-refractivity contribution in [2.45, 2.75) is 20.0 Å². The lowest BCUT2D eigenvalue weighted by molar-refractivity contribution is 0.192. The summed E-state index contributed by atoms with van der Waals surface area (Å²) in [4.78, 5) is 15.7. The summed E-state index contributed by atoms with van der Waals surface area (Å²) < 4.78 is 1.41. The molecule has 2 aromatic rings. The molecule has 4 N–H and O–H groups in total. The molecule has 0 amide bonds. The van der Waals surface area contributed by atoms with E-state index >= 15 is 0 Å². The van der Waals surface area contributed by atoms with E-state index in [-0.39, 0.29) is 11.8 Å². The number of aromatic nitrogens is 4. The predicted octanol–water partition coefficient (Wildman–Crippen LogP) is -0.892. The first-order valence-corrected chi connectivity index (χ1v) is 6.15. The summed E-state index contributed by atoms with van der Waals surface area (Å²) in [5.74, 6) is 1.25. The molecule has 1 atom stereocenters. The monoisotopic (exact) mass is 266 g/mol. The quantitative estimate of drug-likeness (QED) is 0.505. The second-order valence-corrected chi connectivity index (χ2v) is 4.39. The average molecular weight is 266 g/mol. The molecule has 104 valence electrons. The third-order valence-electron chi connectivity index (χ3n) is 2.62. The number of aliphatic hydroxyl groups excluding tert-OH is 1. The summed E-state index contributed by atoms with van der Waals surface area (Å²) in [5, 5.41) is 21.6. The fraction of sp³-hybridized carbons (Fsp3) is 0.545. The molecule has 0 spiro atoms. The number of aliphatic hydroxyl groups is 1. The van der Waals surface area contributed by atoms with E-state index in [9.17, 15) is 4.79 Å². The lowest BCUT2D eigenvalue weighted by atomic mass is 10.4. The van der Waals surface area contributed by atoms with Crippen molar-refractivity contribution in [2.75, 3.05) is 25.0 Å². The molecule has 0 aliphatic rings. The maximum absolute atomic E-state index is 11.4. The molecule has 2 heterocycles. The number of rotatable bonds is 6. The van der Waals surface area contributed by atoms with E-state index in [1.54, 1.807) is 19.9 Å². The number of aromatic amines is 1. The zero-order valence-electron chi connectivity index (χ0n) is 11.0. The minimum atomic E-state index is -0.354. The molecule has 0 bridgehead atoms. The van der Waals surface area contributed by atoms with Gasteiger partial charge in [-0.2, -0.15) is 5.10 Å². The fourth-order valence-electron chi connectivity index (χ4n) is 1.78. The normalized spacial score (nSPS) is 12.8. The van der Waals surface area contributed by atoms with Crippen molar-refractivity contribution in [1.82, 2.24) is 24.9 Å². The van der Waals surface area contributed by atoms with Crippen LogP contribution in [0.5, 0.6) is 0 Å². The van der Waals surface area contributed by atoms with E-state index < -0.39 is 0 Å². The highest BCUT2D eigenvalue weighted by Crippen LogP contribution is 2.06. The van der Waals surface area contributed by atoms with Gasteiger partial charge >= 0.3 is 5.69 Å². The molecule has 0 saturated heterocycles. The predicted molar refractivity (Wildman–Crippen MR) is 71.4 cm³/mol. The van der Waals surface area contributed by atoms with Crippen molar-refractivity contribution in [2.24, 2.45) is 0 Å². The Morgan fingerprint density at radius 2 is 2.32 bits per heavy atom. The van der Waals surface area contributed by atoms with E-state index in [2.05, 4.69) is 25.8 Å². The Kier molecular flexibility index (Phi) is 4.13. The zero-order valence-corrected chi connectivity index (χ0v) is 11.0. The van der Waals surface area contributed by atoms with Crippen molar-refractivity contribution in [3.63, 3.8) is 0 Å². The fourth-order valence-corrected chi connectivity index (χ4v) is 1.78. The average Bonchev–Trinajstić information content (AvgIpc) is 2.70. The van der Waals surface area contributed by atoms with Crippen LogP contribution < -0.4 is 16.3 Å². The van der Waals surface area contributed by atoms with Crippen molar-refractivity contribution in [3.8, 4) is 0 Å². The number of hydrogen-bond acceptors (Lipinski definition) is 6. The van der Waals surface area contributed by atoms with Gasteiger partial charge in [-0.05, 0) is 13.8 Å². The van der Waals surface area contributed by atoms with E-state index in [0.29, 0.717) is 36.9 Å². The largest absolute Gasteiger partial charge is 0.392 e. The van der Waals surface area contributed by atoms with Gasteiger partial charge in [-0.25, -0.2) is 19.3 Å². The molecule has 0 aromatic carbocycles. The molecule has 2 aromatic heterocycles. The second-order valence-electron chi connectivity index (χ2n) is 4.39. The van der Waals surface area contributed by atoms with Gasteiger partial charge in [0.2, 0.25) is 0 Å². The Bertz CT molecular complexity index is 603. The van der Waals surface area contributed by atoms with Gasteiger partial charge in [0.05, 0.1) is 6.10 Å². The summed E-state index contributed by atoms with van der Waals surface area (Å²) in [6.45, 7) is 5.42. The Hall–Kier alpha value is -1.93. The van der Waals surface area contributed by atoms with Gasteiger partial charge in [-0.15, -0.1) is 0 Å². The Labute approximate surface area is 109 Å². The van der Waals surface area contributed by atoms with Crippen LogP contribution in [0.25, 0.3) is 5.65 Å². The van der Waals surface area contributed by atoms with Crippen LogP contribution in [-0.2, 0) is 0 Å². The van der Waals surface area contributed by atoms with Gasteiger partial charge in [0.1, 0.15) is 11.6 Å². The number of hydrogen-bond donors (Lipinski definition) is 4. The molecule has 2 rings (SSSR count). The third-order valence-corrected chi connectivity index (χ3v) is 2.62. The first-order chi connectivity index (χ1) is 9.08. The highest BCUT2D eigenvalue weighted by molar-refractivity contribution is 5.49. The van der Waals surface area contributed by atoms with Crippen LogP contribution in [0.3, 0.4) is 0 Å². The highest BCUT2D eigenvalue weighted by atomic mass is 16.3. The number of nitrogens with zero attached hydrogens (tertiary/aromatic N) is 3. The topological polar surface area (TPSA) is 107 Å². The molecule has 0 aliphatic heterocycles. The zero-order chi connectivity index (χ0) is 13.8. The Morgan fingerprint density at radius 3 is 3.05 bits per heavy atom. The van der Waals surface area contributed by atoms with Crippen molar-refractivity contribution in [3.05, 3.63) is 22.4 Å². The summed E-state index contributed by atoms with van der Waals surface area (Å²) in [6.07, 6.45) is -0.354. The van der Waals surface area contributed by atoms with Crippen molar-refractivity contribution < 1.29 is 5.11 Å². The first-order valence-electron chi connectivity index (χ1n) is 6.15. The molecular weight excluding hydrogens is 248 g/mol. The van der Waals surface area contributed by atoms with Gasteiger partial charge in [0.25, 0.3) is 0 Å². The summed E-state index contributed by atoms with van der Waals surface area (Å²) in [5.41, 5.74) is 0.252. The van der Waals surface area contributed by atoms with Crippen LogP contribution in [0.2, 0.25) is 0 Å². The van der Waals surface area contributed by atoms with E-state index in [4.69, 9.17) is 5.11 Å². The highest BCUT2D eigenvalue weighted by Gasteiger charge is 2.06. The van der Waals surface area contributed by atoms with Crippen LogP contribution >= 0.6 is 0 Å². The molecule has 0 fully saturated rings. The number of fused-ring (bicyclic) bond motifs is 1. The Morgan fingerprint density at radius 1 is 1.53 bits per heavy atom. The number of anilines is 1. The molecule has 0 aliphatic carbocycles. The maximum Gasteiger partial charge on any atom is 0.349 e. The van der Waals surface area contributed by atoms with Gasteiger partial charge in [-0.3, -0.25) is 0 Å². The second kappa shape index (κ2) is 5.81. The van der Waals surface area contributed by atoms with Crippen LogP contribution in [0.1, 0.15) is 12.7 Å². The van der Waals surface area contributed by atoms with Crippen LogP contribution in [0, 0.1) is 6.92 Å². The molecule has 0 saturated carbocycles. The van der Waals surface area contributed by atoms with E-state index in [1.807, 2.05) is 0 Å². The SMILES string of the molecule is Cc1nc(NCCNCC(C)O)cc2n[nH]c(=O)n12. The number of aryl methyl sites for hydroxylation is 1. The minimum Gasteiger partial charge on any atom is -0.392 e. The summed E-state index contributed by atoms with van der Waals surface area (Å²) in [7, 11) is 0.